The summed E-state index contributed by atoms with van der Waals surface area (Å²) in [5, 5.41) is 3.56. The van der Waals surface area contributed by atoms with E-state index in [0.29, 0.717) is 10.9 Å². The number of nitrogens with one attached hydrogen (secondary N) is 2. The molecule has 0 heterocycles. The van der Waals surface area contributed by atoms with E-state index in [4.69, 9.17) is 0 Å². The number of sulfonamides is 1. The van der Waals surface area contributed by atoms with Crippen LogP contribution in [-0.2, 0) is 10.0 Å². The fraction of sp³-hybridized carbons (Fsp3) is 0.600. The van der Waals surface area contributed by atoms with Gasteiger partial charge in [0.25, 0.3) is 0 Å². The molecule has 1 aromatic carbocycles. The van der Waals surface area contributed by atoms with Crippen LogP contribution < -0.4 is 10.0 Å². The Bertz CT molecular complexity index is 525. The summed E-state index contributed by atoms with van der Waals surface area (Å²) in [6, 6.07) is 7.52. The highest BCUT2D eigenvalue weighted by Gasteiger charge is 2.23. The molecule has 20 heavy (non-hydrogen) atoms. The SMILES string of the molecule is CCC1CCCCC1Nc1ccc(S(=O)(=O)NC)cc1. The second-order valence-corrected chi connectivity index (χ2v) is 7.32. The van der Waals surface area contributed by atoms with Crippen molar-refractivity contribution < 1.29 is 8.42 Å². The third kappa shape index (κ3) is 3.52. The van der Waals surface area contributed by atoms with E-state index < -0.39 is 10.0 Å². The highest BCUT2D eigenvalue weighted by atomic mass is 32.2. The van der Waals surface area contributed by atoms with Crippen molar-refractivity contribution in [3.05, 3.63) is 24.3 Å². The Hall–Kier alpha value is -1.07. The van der Waals surface area contributed by atoms with Crippen LogP contribution in [0, 0.1) is 5.92 Å². The summed E-state index contributed by atoms with van der Waals surface area (Å²) in [5.74, 6) is 0.726. The molecule has 2 rings (SSSR count). The predicted octanol–water partition coefficient (Wildman–Crippen LogP) is 2.98. The number of benzene rings is 1. The first-order chi connectivity index (χ1) is 9.56. The van der Waals surface area contributed by atoms with Gasteiger partial charge in [0, 0.05) is 11.7 Å². The Labute approximate surface area is 122 Å². The summed E-state index contributed by atoms with van der Waals surface area (Å²) in [7, 11) is -1.92. The van der Waals surface area contributed by atoms with Gasteiger partial charge in [0.2, 0.25) is 10.0 Å². The Morgan fingerprint density at radius 2 is 1.80 bits per heavy atom. The summed E-state index contributed by atoms with van der Waals surface area (Å²) < 4.78 is 25.7. The van der Waals surface area contributed by atoms with E-state index in [9.17, 15) is 8.42 Å². The molecule has 1 aromatic rings. The quantitative estimate of drug-likeness (QED) is 0.878. The van der Waals surface area contributed by atoms with Crippen molar-refractivity contribution in [2.75, 3.05) is 12.4 Å². The molecule has 1 saturated carbocycles. The second kappa shape index (κ2) is 6.59. The van der Waals surface area contributed by atoms with Gasteiger partial charge in [0.15, 0.2) is 0 Å². The van der Waals surface area contributed by atoms with Crippen LogP contribution in [0.5, 0.6) is 0 Å². The van der Waals surface area contributed by atoms with Gasteiger partial charge in [-0.1, -0.05) is 26.2 Å². The van der Waals surface area contributed by atoms with Gasteiger partial charge in [0.1, 0.15) is 0 Å². The first kappa shape index (κ1) is 15.3. The monoisotopic (exact) mass is 296 g/mol. The van der Waals surface area contributed by atoms with Gasteiger partial charge >= 0.3 is 0 Å². The topological polar surface area (TPSA) is 58.2 Å². The maximum atomic E-state index is 11.7. The molecule has 2 N–H and O–H groups in total. The summed E-state index contributed by atoms with van der Waals surface area (Å²) >= 11 is 0. The normalized spacial score (nSPS) is 23.5. The summed E-state index contributed by atoms with van der Waals surface area (Å²) in [6.45, 7) is 2.24. The molecule has 0 aromatic heterocycles. The van der Waals surface area contributed by atoms with Crippen LogP contribution in [0.4, 0.5) is 5.69 Å². The van der Waals surface area contributed by atoms with Gasteiger partial charge in [0.05, 0.1) is 4.90 Å². The highest BCUT2D eigenvalue weighted by Crippen LogP contribution is 2.29. The lowest BCUT2D eigenvalue weighted by molar-refractivity contribution is 0.317. The van der Waals surface area contributed by atoms with Crippen LogP contribution in [-0.4, -0.2) is 21.5 Å². The van der Waals surface area contributed by atoms with Crippen LogP contribution in [0.3, 0.4) is 0 Å². The van der Waals surface area contributed by atoms with Crippen molar-refractivity contribution in [3.8, 4) is 0 Å². The van der Waals surface area contributed by atoms with Crippen LogP contribution in [0.15, 0.2) is 29.2 Å². The first-order valence-electron chi connectivity index (χ1n) is 7.37. The molecule has 0 saturated heterocycles. The zero-order chi connectivity index (χ0) is 14.6. The Balaban J connectivity index is 2.07. The molecule has 112 valence electrons. The molecule has 0 spiro atoms. The molecule has 5 heteroatoms. The van der Waals surface area contributed by atoms with Gasteiger partial charge in [-0.2, -0.15) is 0 Å². The maximum absolute atomic E-state index is 11.7. The molecular weight excluding hydrogens is 272 g/mol. The zero-order valence-corrected chi connectivity index (χ0v) is 13.0. The third-order valence-corrected chi connectivity index (χ3v) is 5.65. The molecule has 1 aliphatic rings. The number of hydrogen-bond acceptors (Lipinski definition) is 3. The lowest BCUT2D eigenvalue weighted by Crippen LogP contribution is -2.31. The van der Waals surface area contributed by atoms with Crippen molar-refractivity contribution in [2.45, 2.75) is 50.0 Å². The van der Waals surface area contributed by atoms with E-state index >= 15 is 0 Å². The van der Waals surface area contributed by atoms with Crippen LogP contribution >= 0.6 is 0 Å². The van der Waals surface area contributed by atoms with E-state index in [0.717, 1.165) is 11.6 Å². The molecule has 0 amide bonds. The van der Waals surface area contributed by atoms with Crippen LogP contribution in [0.25, 0.3) is 0 Å². The molecule has 2 atom stereocenters. The van der Waals surface area contributed by atoms with Crippen molar-refractivity contribution in [1.29, 1.82) is 0 Å². The summed E-state index contributed by atoms with van der Waals surface area (Å²) in [4.78, 5) is 0.307. The molecule has 0 radical (unpaired) electrons. The van der Waals surface area contributed by atoms with Crippen molar-refractivity contribution in [1.82, 2.24) is 4.72 Å². The Morgan fingerprint density at radius 3 is 2.40 bits per heavy atom. The molecule has 1 fully saturated rings. The Morgan fingerprint density at radius 1 is 1.15 bits per heavy atom. The van der Waals surface area contributed by atoms with E-state index in [1.54, 1.807) is 12.1 Å². The zero-order valence-electron chi connectivity index (χ0n) is 12.2. The smallest absolute Gasteiger partial charge is 0.240 e. The van der Waals surface area contributed by atoms with Crippen LogP contribution in [0.1, 0.15) is 39.0 Å². The van der Waals surface area contributed by atoms with E-state index in [-0.39, 0.29) is 0 Å². The highest BCUT2D eigenvalue weighted by molar-refractivity contribution is 7.89. The largest absolute Gasteiger partial charge is 0.382 e. The first-order valence-corrected chi connectivity index (χ1v) is 8.85. The molecule has 1 aliphatic carbocycles. The van der Waals surface area contributed by atoms with Crippen LogP contribution in [0.2, 0.25) is 0 Å². The second-order valence-electron chi connectivity index (χ2n) is 5.44. The van der Waals surface area contributed by atoms with Crippen molar-refractivity contribution >= 4 is 15.7 Å². The molecule has 0 aliphatic heterocycles. The molecule has 2 unspecified atom stereocenters. The van der Waals surface area contributed by atoms with Gasteiger partial charge in [-0.15, -0.1) is 0 Å². The average molecular weight is 296 g/mol. The van der Waals surface area contributed by atoms with Gasteiger partial charge in [-0.05, 0) is 50.1 Å². The minimum atomic E-state index is -3.34. The fourth-order valence-electron chi connectivity index (χ4n) is 2.95. The maximum Gasteiger partial charge on any atom is 0.240 e. The van der Waals surface area contributed by atoms with Gasteiger partial charge in [-0.25, -0.2) is 13.1 Å². The standard InChI is InChI=1S/C15H24N2O2S/c1-3-12-6-4-5-7-15(12)17-13-8-10-14(11-9-13)20(18,19)16-2/h8-12,15-17H,3-7H2,1-2H3. The number of rotatable bonds is 5. The molecule has 4 nitrogen and oxygen atoms in total. The average Bonchev–Trinajstić information content (AvgIpc) is 2.48. The van der Waals surface area contributed by atoms with Crippen molar-refractivity contribution in [3.63, 3.8) is 0 Å². The minimum absolute atomic E-state index is 0.307. The molecule has 0 bridgehead atoms. The van der Waals surface area contributed by atoms with E-state index in [1.807, 2.05) is 12.1 Å². The van der Waals surface area contributed by atoms with Gasteiger partial charge < -0.3 is 5.32 Å². The lowest BCUT2D eigenvalue weighted by Gasteiger charge is -2.32. The minimum Gasteiger partial charge on any atom is -0.382 e. The lowest BCUT2D eigenvalue weighted by atomic mass is 9.83. The number of hydrogen-bond donors (Lipinski definition) is 2. The summed E-state index contributed by atoms with van der Waals surface area (Å²) in [6.07, 6.45) is 6.30. The van der Waals surface area contributed by atoms with Gasteiger partial charge in [-0.3, -0.25) is 0 Å². The van der Waals surface area contributed by atoms with Crippen molar-refractivity contribution in [2.24, 2.45) is 5.92 Å². The molecular formula is C15H24N2O2S. The Kier molecular flexibility index (Phi) is 5.05. The summed E-state index contributed by atoms with van der Waals surface area (Å²) in [5.41, 5.74) is 1.01. The van der Waals surface area contributed by atoms with E-state index in [1.165, 1.54) is 39.2 Å². The third-order valence-electron chi connectivity index (χ3n) is 4.22. The fourth-order valence-corrected chi connectivity index (χ4v) is 3.68. The predicted molar refractivity (Wildman–Crippen MR) is 82.3 cm³/mol. The van der Waals surface area contributed by atoms with E-state index in [2.05, 4.69) is 17.0 Å². The number of anilines is 1.